The van der Waals surface area contributed by atoms with Gasteiger partial charge in [-0.25, -0.2) is 0 Å². The molecule has 1 aliphatic heterocycles. The minimum absolute atomic E-state index is 0.111. The average molecular weight is 215 g/mol. The van der Waals surface area contributed by atoms with E-state index in [9.17, 15) is 9.59 Å². The van der Waals surface area contributed by atoms with E-state index in [-0.39, 0.29) is 12.3 Å². The summed E-state index contributed by atoms with van der Waals surface area (Å²) < 4.78 is 0. The first-order valence-corrected chi connectivity index (χ1v) is 5.41. The lowest BCUT2D eigenvalue weighted by Gasteiger charge is -1.98. The zero-order valence-corrected chi connectivity index (χ0v) is 8.76. The molecule has 0 spiro atoms. The molecule has 0 aromatic carbocycles. The molecular weight excluding hydrogens is 202 g/mol. The highest BCUT2D eigenvalue weighted by atomic mass is 32.2. The Bertz CT molecular complexity index is 275. The molecule has 2 N–H and O–H groups in total. The molecule has 1 aliphatic rings. The predicted octanol–water partition coefficient (Wildman–Crippen LogP) is 1.33. The highest BCUT2D eigenvalue weighted by molar-refractivity contribution is 8.04. The third kappa shape index (κ3) is 3.06. The summed E-state index contributed by atoms with van der Waals surface area (Å²) >= 11 is 1.31. The van der Waals surface area contributed by atoms with Gasteiger partial charge in [0.2, 0.25) is 5.91 Å². The van der Waals surface area contributed by atoms with Crippen LogP contribution in [0.5, 0.6) is 0 Å². The van der Waals surface area contributed by atoms with Gasteiger partial charge in [-0.15, -0.1) is 0 Å². The molecule has 14 heavy (non-hydrogen) atoms. The van der Waals surface area contributed by atoms with Gasteiger partial charge in [-0.2, -0.15) is 0 Å². The van der Waals surface area contributed by atoms with Gasteiger partial charge in [0.1, 0.15) is 5.25 Å². The van der Waals surface area contributed by atoms with Crippen LogP contribution in [-0.2, 0) is 9.59 Å². The fourth-order valence-corrected chi connectivity index (χ4v) is 2.18. The zero-order valence-electron chi connectivity index (χ0n) is 7.95. The molecule has 0 unspecified atom stereocenters. The third-order valence-electron chi connectivity index (χ3n) is 1.79. The van der Waals surface area contributed by atoms with Gasteiger partial charge in [0, 0.05) is 0 Å². The number of nitrogens with one attached hydrogen (secondary N) is 1. The number of thioether (sulfide) groups is 1. The second kappa shape index (κ2) is 5.05. The number of hydrogen-bond acceptors (Lipinski definition) is 3. The number of unbranched alkanes of at least 4 members (excludes halogenated alkanes) is 1. The van der Waals surface area contributed by atoms with Crippen molar-refractivity contribution in [3.63, 3.8) is 0 Å². The number of carboxylic acids is 1. The van der Waals surface area contributed by atoms with Crippen molar-refractivity contribution in [1.82, 2.24) is 5.32 Å². The van der Waals surface area contributed by atoms with Crippen LogP contribution in [0.1, 0.15) is 26.2 Å². The van der Waals surface area contributed by atoms with Crippen molar-refractivity contribution < 1.29 is 14.7 Å². The summed E-state index contributed by atoms with van der Waals surface area (Å²) in [5.74, 6) is -1.13. The maximum Gasteiger partial charge on any atom is 0.305 e. The molecule has 1 amide bonds. The molecule has 1 saturated heterocycles. The number of carboxylic acid groups (broad SMARTS) is 1. The first kappa shape index (κ1) is 11.1. The molecule has 5 heteroatoms. The fraction of sp³-hybridized carbons (Fsp3) is 0.556. The van der Waals surface area contributed by atoms with Crippen LogP contribution in [0.4, 0.5) is 0 Å². The quantitative estimate of drug-likeness (QED) is 0.742. The van der Waals surface area contributed by atoms with E-state index in [0.29, 0.717) is 0 Å². The normalized spacial score (nSPS) is 23.9. The van der Waals surface area contributed by atoms with Gasteiger partial charge in [0.15, 0.2) is 0 Å². The van der Waals surface area contributed by atoms with Crippen LogP contribution < -0.4 is 5.32 Å². The van der Waals surface area contributed by atoms with Gasteiger partial charge in [-0.05, 0) is 6.42 Å². The largest absolute Gasteiger partial charge is 0.481 e. The predicted molar refractivity (Wildman–Crippen MR) is 54.8 cm³/mol. The minimum atomic E-state index is -0.936. The van der Waals surface area contributed by atoms with Gasteiger partial charge in [-0.3, -0.25) is 9.59 Å². The second-order valence-corrected chi connectivity index (χ2v) is 4.30. The van der Waals surface area contributed by atoms with E-state index >= 15 is 0 Å². The molecule has 1 heterocycles. The Morgan fingerprint density at radius 3 is 3.00 bits per heavy atom. The van der Waals surface area contributed by atoms with Crippen molar-refractivity contribution in [2.24, 2.45) is 0 Å². The second-order valence-electron chi connectivity index (χ2n) is 3.05. The van der Waals surface area contributed by atoms with E-state index in [2.05, 4.69) is 5.32 Å². The molecule has 0 saturated carbocycles. The molecule has 0 aliphatic carbocycles. The maximum absolute atomic E-state index is 11.2. The lowest BCUT2D eigenvalue weighted by molar-refractivity contribution is -0.138. The number of allylic oxidation sites excluding steroid dienone is 1. The molecule has 1 fully saturated rings. The van der Waals surface area contributed by atoms with E-state index in [1.54, 1.807) is 0 Å². The monoisotopic (exact) mass is 215 g/mol. The van der Waals surface area contributed by atoms with Gasteiger partial charge < -0.3 is 10.4 Å². The molecule has 0 radical (unpaired) electrons. The smallest absolute Gasteiger partial charge is 0.305 e. The van der Waals surface area contributed by atoms with Gasteiger partial charge >= 0.3 is 5.97 Å². The Morgan fingerprint density at radius 1 is 1.71 bits per heavy atom. The SMILES string of the molecule is CCC/C=C1/NC(=O)[C@@H](CC(=O)O)S1. The Labute approximate surface area is 86.8 Å². The number of carbonyl (C=O) groups excluding carboxylic acids is 1. The van der Waals surface area contributed by atoms with Crippen molar-refractivity contribution in [2.75, 3.05) is 0 Å². The van der Waals surface area contributed by atoms with Crippen LogP contribution in [0.25, 0.3) is 0 Å². The summed E-state index contributed by atoms with van der Waals surface area (Å²) in [5, 5.41) is 11.5. The first-order chi connectivity index (χ1) is 6.63. The average Bonchev–Trinajstić information content (AvgIpc) is 2.43. The van der Waals surface area contributed by atoms with Crippen molar-refractivity contribution in [1.29, 1.82) is 0 Å². The maximum atomic E-state index is 11.2. The molecule has 0 bridgehead atoms. The number of rotatable bonds is 4. The van der Waals surface area contributed by atoms with Crippen molar-refractivity contribution in [3.05, 3.63) is 11.1 Å². The van der Waals surface area contributed by atoms with E-state index in [0.717, 1.165) is 17.9 Å². The van der Waals surface area contributed by atoms with E-state index in [1.807, 2.05) is 13.0 Å². The van der Waals surface area contributed by atoms with Crippen LogP contribution in [0, 0.1) is 0 Å². The fourth-order valence-electron chi connectivity index (χ4n) is 1.11. The zero-order chi connectivity index (χ0) is 10.6. The van der Waals surface area contributed by atoms with E-state index in [4.69, 9.17) is 5.11 Å². The van der Waals surface area contributed by atoms with Crippen LogP contribution in [-0.4, -0.2) is 22.2 Å². The Kier molecular flexibility index (Phi) is 4.00. The summed E-state index contributed by atoms with van der Waals surface area (Å²) in [6.07, 6.45) is 3.75. The van der Waals surface area contributed by atoms with Crippen LogP contribution in [0.2, 0.25) is 0 Å². The summed E-state index contributed by atoms with van der Waals surface area (Å²) in [4.78, 5) is 21.7. The number of hydrogen-bond donors (Lipinski definition) is 2. The molecular formula is C9H13NO3S. The number of amides is 1. The third-order valence-corrected chi connectivity index (χ3v) is 2.97. The standard InChI is InChI=1S/C9H13NO3S/c1-2-3-4-7-10-9(13)6(14-7)5-8(11)12/h4,6H,2-3,5H2,1H3,(H,10,13)(H,11,12)/b7-4-/t6-/m1/s1. The Morgan fingerprint density at radius 2 is 2.43 bits per heavy atom. The Balaban J connectivity index is 2.51. The molecule has 4 nitrogen and oxygen atoms in total. The van der Waals surface area contributed by atoms with E-state index in [1.165, 1.54) is 11.8 Å². The molecule has 0 aromatic heterocycles. The van der Waals surface area contributed by atoms with Crippen LogP contribution >= 0.6 is 11.8 Å². The van der Waals surface area contributed by atoms with Gasteiger partial charge in [0.05, 0.1) is 11.4 Å². The van der Waals surface area contributed by atoms with Crippen molar-refractivity contribution >= 4 is 23.6 Å². The topological polar surface area (TPSA) is 66.4 Å². The number of aliphatic carboxylic acids is 1. The lowest BCUT2D eigenvalue weighted by atomic mass is 10.3. The minimum Gasteiger partial charge on any atom is -0.481 e. The summed E-state index contributed by atoms with van der Waals surface area (Å²) in [7, 11) is 0. The molecule has 78 valence electrons. The van der Waals surface area contributed by atoms with E-state index < -0.39 is 11.2 Å². The highest BCUT2D eigenvalue weighted by Gasteiger charge is 2.30. The summed E-state index contributed by atoms with van der Waals surface area (Å²) in [6.45, 7) is 2.05. The van der Waals surface area contributed by atoms with Gasteiger partial charge in [0.25, 0.3) is 0 Å². The molecule has 1 rings (SSSR count). The van der Waals surface area contributed by atoms with Crippen molar-refractivity contribution in [2.45, 2.75) is 31.4 Å². The molecule has 0 aromatic rings. The first-order valence-electron chi connectivity index (χ1n) is 4.53. The van der Waals surface area contributed by atoms with Crippen LogP contribution in [0.3, 0.4) is 0 Å². The number of carbonyl (C=O) groups is 2. The highest BCUT2D eigenvalue weighted by Crippen LogP contribution is 2.29. The van der Waals surface area contributed by atoms with Crippen LogP contribution in [0.15, 0.2) is 11.1 Å². The van der Waals surface area contributed by atoms with Crippen molar-refractivity contribution in [3.8, 4) is 0 Å². The molecule has 1 atom stereocenters. The lowest BCUT2D eigenvalue weighted by Crippen LogP contribution is -2.24. The summed E-state index contributed by atoms with van der Waals surface area (Å²) in [6, 6.07) is 0. The Hall–Kier alpha value is -0.970. The summed E-state index contributed by atoms with van der Waals surface area (Å²) in [5.41, 5.74) is 0. The van der Waals surface area contributed by atoms with Gasteiger partial charge in [-0.1, -0.05) is 31.2 Å².